The number of nitrogens with one attached hydrogen (secondary N) is 1. The molecule has 0 unspecified atom stereocenters. The molecule has 0 bridgehead atoms. The highest BCUT2D eigenvalue weighted by molar-refractivity contribution is 6.35. The minimum absolute atomic E-state index is 0.00822. The molecule has 2 aromatic rings. The molecule has 1 aromatic carbocycles. The molecule has 1 saturated heterocycles. The Kier molecular flexibility index (Phi) is 4.15. The third kappa shape index (κ3) is 2.77. The van der Waals surface area contributed by atoms with Gasteiger partial charge in [0.2, 0.25) is 0 Å². The Balaban J connectivity index is 1.60. The Hall–Kier alpha value is -1.36. The first kappa shape index (κ1) is 16.1. The van der Waals surface area contributed by atoms with Crippen molar-refractivity contribution in [3.63, 3.8) is 0 Å². The van der Waals surface area contributed by atoms with Crippen molar-refractivity contribution in [1.82, 2.24) is 9.88 Å². The number of aromatic nitrogens is 1. The van der Waals surface area contributed by atoms with E-state index in [2.05, 4.69) is 9.88 Å². The molecule has 24 heavy (non-hydrogen) atoms. The zero-order chi connectivity index (χ0) is 16.7. The summed E-state index contributed by atoms with van der Waals surface area (Å²) >= 11 is 6.24. The third-order valence-electron chi connectivity index (χ3n) is 5.81. The Morgan fingerprint density at radius 2 is 2.17 bits per heavy atom. The molecular weight excluding hydrogens is 324 g/mol. The van der Waals surface area contributed by atoms with Crippen LogP contribution in [0.2, 0.25) is 5.02 Å². The molecule has 1 aliphatic heterocycles. The molecule has 1 spiro atoms. The predicted octanol–water partition coefficient (Wildman–Crippen LogP) is 3.31. The summed E-state index contributed by atoms with van der Waals surface area (Å²) in [5.41, 5.74) is 1.68. The number of likely N-dealkylation sites (tertiary alicyclic amines) is 1. The number of aromatic amines is 1. The van der Waals surface area contributed by atoms with Crippen molar-refractivity contribution < 1.29 is 5.11 Å². The van der Waals surface area contributed by atoms with Gasteiger partial charge in [-0.3, -0.25) is 9.69 Å². The Morgan fingerprint density at radius 1 is 1.33 bits per heavy atom. The van der Waals surface area contributed by atoms with Gasteiger partial charge in [-0.05, 0) is 44.4 Å². The van der Waals surface area contributed by atoms with E-state index in [4.69, 9.17) is 11.6 Å². The van der Waals surface area contributed by atoms with E-state index >= 15 is 0 Å². The number of piperidine rings is 1. The number of hydrogen-bond donors (Lipinski definition) is 2. The maximum Gasteiger partial charge on any atom is 0.189 e. The zero-order valence-electron chi connectivity index (χ0n) is 13.7. The quantitative estimate of drug-likeness (QED) is 0.877. The number of aliphatic hydroxyl groups is 1. The molecule has 2 N–H and O–H groups in total. The van der Waals surface area contributed by atoms with Crippen LogP contribution in [0.3, 0.4) is 0 Å². The lowest BCUT2D eigenvalue weighted by atomic mass is 9.76. The SMILES string of the molecule is O=c1cc(CN2CCC[C@]3(CCC[C@H]3O)C2)[nH]c2c(Cl)cccc12. The average molecular weight is 347 g/mol. The number of rotatable bonds is 2. The van der Waals surface area contributed by atoms with Gasteiger partial charge in [0.05, 0.1) is 16.6 Å². The number of nitrogens with zero attached hydrogens (tertiary/aromatic N) is 1. The second kappa shape index (κ2) is 6.17. The fourth-order valence-corrected chi connectivity index (χ4v) is 4.83. The van der Waals surface area contributed by atoms with Crippen LogP contribution in [0.1, 0.15) is 37.8 Å². The first-order chi connectivity index (χ1) is 11.6. The highest BCUT2D eigenvalue weighted by Crippen LogP contribution is 2.45. The number of aliphatic hydroxyl groups excluding tert-OH is 1. The van der Waals surface area contributed by atoms with Crippen molar-refractivity contribution in [3.05, 3.63) is 45.2 Å². The van der Waals surface area contributed by atoms with Gasteiger partial charge in [0.1, 0.15) is 0 Å². The smallest absolute Gasteiger partial charge is 0.189 e. The number of halogens is 1. The third-order valence-corrected chi connectivity index (χ3v) is 6.13. The van der Waals surface area contributed by atoms with E-state index in [-0.39, 0.29) is 16.9 Å². The topological polar surface area (TPSA) is 56.3 Å². The van der Waals surface area contributed by atoms with Crippen LogP contribution in [0.15, 0.2) is 29.1 Å². The van der Waals surface area contributed by atoms with Gasteiger partial charge in [-0.2, -0.15) is 0 Å². The van der Waals surface area contributed by atoms with Gasteiger partial charge in [0.25, 0.3) is 0 Å². The van der Waals surface area contributed by atoms with E-state index in [1.54, 1.807) is 24.3 Å². The van der Waals surface area contributed by atoms with Crippen LogP contribution in [-0.2, 0) is 6.54 Å². The molecule has 2 heterocycles. The number of hydrogen-bond acceptors (Lipinski definition) is 3. The van der Waals surface area contributed by atoms with E-state index in [1.807, 2.05) is 0 Å². The molecule has 128 valence electrons. The van der Waals surface area contributed by atoms with Crippen LogP contribution in [0.25, 0.3) is 10.9 Å². The molecule has 4 nitrogen and oxygen atoms in total. The molecule has 1 aromatic heterocycles. The summed E-state index contributed by atoms with van der Waals surface area (Å²) in [4.78, 5) is 18.1. The van der Waals surface area contributed by atoms with Crippen molar-refractivity contribution in [2.24, 2.45) is 5.41 Å². The molecule has 2 aliphatic rings. The number of benzene rings is 1. The van der Waals surface area contributed by atoms with Crippen molar-refractivity contribution in [2.75, 3.05) is 13.1 Å². The maximum absolute atomic E-state index is 12.4. The molecule has 1 aliphatic carbocycles. The van der Waals surface area contributed by atoms with Crippen molar-refractivity contribution >= 4 is 22.5 Å². The summed E-state index contributed by atoms with van der Waals surface area (Å²) < 4.78 is 0. The van der Waals surface area contributed by atoms with Crippen molar-refractivity contribution in [1.29, 1.82) is 0 Å². The summed E-state index contributed by atoms with van der Waals surface area (Å²) in [6.07, 6.45) is 5.21. The predicted molar refractivity (Wildman–Crippen MR) is 96.4 cm³/mol. The molecule has 4 rings (SSSR count). The molecule has 0 radical (unpaired) electrons. The van der Waals surface area contributed by atoms with E-state index < -0.39 is 0 Å². The second-order valence-corrected chi connectivity index (χ2v) is 7.81. The van der Waals surface area contributed by atoms with Gasteiger partial charge in [-0.15, -0.1) is 0 Å². The van der Waals surface area contributed by atoms with E-state index in [9.17, 15) is 9.90 Å². The first-order valence-electron chi connectivity index (χ1n) is 8.78. The summed E-state index contributed by atoms with van der Waals surface area (Å²) in [5.74, 6) is 0. The van der Waals surface area contributed by atoms with Crippen LogP contribution >= 0.6 is 11.6 Å². The van der Waals surface area contributed by atoms with E-state index in [0.29, 0.717) is 22.5 Å². The Labute approximate surface area is 146 Å². The van der Waals surface area contributed by atoms with Crippen LogP contribution < -0.4 is 5.43 Å². The fourth-order valence-electron chi connectivity index (χ4n) is 4.60. The summed E-state index contributed by atoms with van der Waals surface area (Å²) in [5, 5.41) is 11.6. The van der Waals surface area contributed by atoms with Crippen molar-refractivity contribution in [2.45, 2.75) is 44.8 Å². The molecule has 0 amide bonds. The second-order valence-electron chi connectivity index (χ2n) is 7.41. The number of pyridine rings is 1. The van der Waals surface area contributed by atoms with Crippen LogP contribution in [0, 0.1) is 5.41 Å². The fraction of sp³-hybridized carbons (Fsp3) is 0.526. The summed E-state index contributed by atoms with van der Waals surface area (Å²) in [6.45, 7) is 2.62. The first-order valence-corrected chi connectivity index (χ1v) is 9.16. The zero-order valence-corrected chi connectivity index (χ0v) is 14.5. The average Bonchev–Trinajstić information content (AvgIpc) is 2.89. The Bertz CT molecular complexity index is 819. The van der Waals surface area contributed by atoms with Gasteiger partial charge in [-0.25, -0.2) is 0 Å². The molecule has 2 atom stereocenters. The lowest BCUT2D eigenvalue weighted by Gasteiger charge is -2.42. The summed E-state index contributed by atoms with van der Waals surface area (Å²) in [7, 11) is 0. The highest BCUT2D eigenvalue weighted by Gasteiger charge is 2.44. The largest absolute Gasteiger partial charge is 0.393 e. The minimum Gasteiger partial charge on any atom is -0.393 e. The standard InChI is InChI=1S/C19H23ClN2O2/c20-15-5-1-4-14-16(23)10-13(21-18(14)15)11-22-9-3-8-19(12-22)7-2-6-17(19)24/h1,4-5,10,17,24H,2-3,6-9,11-12H2,(H,21,23)/t17-,19-/m1/s1. The maximum atomic E-state index is 12.4. The number of fused-ring (bicyclic) bond motifs is 1. The van der Waals surface area contributed by atoms with Gasteiger partial charge in [-0.1, -0.05) is 24.1 Å². The monoisotopic (exact) mass is 346 g/mol. The van der Waals surface area contributed by atoms with Gasteiger partial charge >= 0.3 is 0 Å². The van der Waals surface area contributed by atoms with E-state index in [1.165, 1.54) is 0 Å². The minimum atomic E-state index is -0.176. The van der Waals surface area contributed by atoms with Crippen LogP contribution in [0.4, 0.5) is 0 Å². The number of para-hydroxylation sites is 1. The highest BCUT2D eigenvalue weighted by atomic mass is 35.5. The summed E-state index contributed by atoms with van der Waals surface area (Å²) in [6, 6.07) is 7.09. The van der Waals surface area contributed by atoms with Crippen molar-refractivity contribution in [3.8, 4) is 0 Å². The normalized spacial score (nSPS) is 28.0. The lowest BCUT2D eigenvalue weighted by Crippen LogP contribution is -2.46. The molecule has 5 heteroatoms. The molecule has 2 fully saturated rings. The number of H-pyrrole nitrogens is 1. The van der Waals surface area contributed by atoms with Gasteiger partial charge in [0.15, 0.2) is 5.43 Å². The molecule has 1 saturated carbocycles. The van der Waals surface area contributed by atoms with Crippen LogP contribution in [0.5, 0.6) is 0 Å². The van der Waals surface area contributed by atoms with Crippen LogP contribution in [-0.4, -0.2) is 34.2 Å². The van der Waals surface area contributed by atoms with Gasteiger partial charge < -0.3 is 10.1 Å². The lowest BCUT2D eigenvalue weighted by molar-refractivity contribution is -0.0123. The Morgan fingerprint density at radius 3 is 2.96 bits per heavy atom. The van der Waals surface area contributed by atoms with E-state index in [0.717, 1.165) is 50.9 Å². The van der Waals surface area contributed by atoms with Gasteiger partial charge in [0, 0.05) is 35.7 Å². The molecular formula is C19H23ClN2O2.